The highest BCUT2D eigenvalue weighted by Gasteiger charge is 2.53. The molecule has 3 unspecified atom stereocenters. The molecule has 4 aromatic carbocycles. The van der Waals surface area contributed by atoms with E-state index in [4.69, 9.17) is 14.5 Å². The smallest absolute Gasteiger partial charge is 0.132 e. The summed E-state index contributed by atoms with van der Waals surface area (Å²) in [5, 5.41) is 1.42. The van der Waals surface area contributed by atoms with Crippen LogP contribution in [0, 0.1) is 11.8 Å². The van der Waals surface area contributed by atoms with Crippen molar-refractivity contribution in [2.75, 3.05) is 0 Å². The second kappa shape index (κ2) is 12.2. The van der Waals surface area contributed by atoms with Gasteiger partial charge in [-0.15, -0.1) is 0 Å². The van der Waals surface area contributed by atoms with Crippen LogP contribution in [0.25, 0.3) is 27.9 Å². The van der Waals surface area contributed by atoms with E-state index in [1.807, 2.05) is 0 Å². The van der Waals surface area contributed by atoms with Gasteiger partial charge in [0.2, 0.25) is 0 Å². The Kier molecular flexibility index (Phi) is 7.21. The molecule has 0 radical (unpaired) electrons. The van der Waals surface area contributed by atoms with Crippen LogP contribution in [-0.2, 0) is 18.3 Å². The highest BCUT2D eigenvalue weighted by molar-refractivity contribution is 5.98. The first-order valence-corrected chi connectivity index (χ1v) is 20.0. The molecule has 5 aromatic rings. The average molecular weight is 705 g/mol. The van der Waals surface area contributed by atoms with Gasteiger partial charge in [-0.05, 0) is 134 Å². The average Bonchev–Trinajstić information content (AvgIpc) is 3.56. The first kappa shape index (κ1) is 31.9. The van der Waals surface area contributed by atoms with Gasteiger partial charge in [0.15, 0.2) is 0 Å². The molecule has 3 aliphatic heterocycles. The van der Waals surface area contributed by atoms with Crippen molar-refractivity contribution in [3.05, 3.63) is 171 Å². The molecular weight excluding hydrogens is 661 g/mol. The lowest BCUT2D eigenvalue weighted by Gasteiger charge is -2.49. The van der Waals surface area contributed by atoms with Crippen molar-refractivity contribution in [3.63, 3.8) is 0 Å². The molecule has 0 saturated carbocycles. The van der Waals surface area contributed by atoms with Gasteiger partial charge in [-0.25, -0.2) is 0 Å². The fourth-order valence-corrected chi connectivity index (χ4v) is 10.4. The number of allylic oxidation sites excluding steroid dienone is 7. The number of aliphatic imine (C=N–C) groups is 1. The predicted octanol–water partition coefficient (Wildman–Crippen LogP) is 12.0. The number of hydrogen-bond donors (Lipinski definition) is 0. The van der Waals surface area contributed by atoms with Crippen LogP contribution in [0.5, 0.6) is 11.5 Å². The number of benzene rings is 4. The molecule has 6 aliphatic rings. The Balaban J connectivity index is 1.13. The molecule has 0 amide bonds. The van der Waals surface area contributed by atoms with Gasteiger partial charge in [0.1, 0.15) is 23.0 Å². The molecular formula is C50H44N2O2. The zero-order valence-corrected chi connectivity index (χ0v) is 31.1. The van der Waals surface area contributed by atoms with Gasteiger partial charge in [-0.2, -0.15) is 0 Å². The van der Waals surface area contributed by atoms with E-state index in [0.29, 0.717) is 11.8 Å². The van der Waals surface area contributed by atoms with Gasteiger partial charge in [0, 0.05) is 39.7 Å². The molecule has 266 valence electrons. The Bertz CT molecular complexity index is 2590. The third kappa shape index (κ3) is 4.65. The van der Waals surface area contributed by atoms with Crippen molar-refractivity contribution in [1.29, 1.82) is 0 Å². The summed E-state index contributed by atoms with van der Waals surface area (Å²) in [5.41, 5.74) is 15.0. The Morgan fingerprint density at radius 1 is 0.741 bits per heavy atom. The maximum atomic E-state index is 7.05. The highest BCUT2D eigenvalue weighted by atomic mass is 16.5. The lowest BCUT2D eigenvalue weighted by atomic mass is 9.57. The van der Waals surface area contributed by atoms with Crippen molar-refractivity contribution in [2.24, 2.45) is 16.8 Å². The molecule has 0 fully saturated rings. The van der Waals surface area contributed by atoms with Gasteiger partial charge in [0.25, 0.3) is 0 Å². The number of ether oxygens (including phenoxy) is 2. The topological polar surface area (TPSA) is 35.8 Å². The number of nitrogens with zero attached hydrogens (tertiary/aromatic N) is 2. The van der Waals surface area contributed by atoms with Crippen LogP contribution in [0.3, 0.4) is 0 Å². The summed E-state index contributed by atoms with van der Waals surface area (Å²) in [6, 6.07) is 33.5. The number of para-hydroxylation sites is 2. The van der Waals surface area contributed by atoms with E-state index in [9.17, 15) is 0 Å². The fraction of sp³-hybridized carbons (Fsp3) is 0.260. The summed E-state index contributed by atoms with van der Waals surface area (Å²) >= 11 is 0. The Labute approximate surface area is 317 Å². The number of fused-ring (bicyclic) bond motifs is 9. The molecule has 3 aliphatic carbocycles. The maximum absolute atomic E-state index is 7.05. The molecule has 0 saturated heterocycles. The molecule has 0 N–H and O–H groups in total. The molecule has 1 aromatic heterocycles. The molecule has 1 spiro atoms. The number of rotatable bonds is 3. The number of aryl methyl sites for hydroxylation is 1. The highest BCUT2D eigenvalue weighted by Crippen LogP contribution is 2.62. The van der Waals surface area contributed by atoms with Crippen molar-refractivity contribution >= 4 is 28.4 Å². The minimum Gasteiger partial charge on any atom is -0.457 e. The minimum absolute atomic E-state index is 0.403. The molecule has 3 atom stereocenters. The lowest BCUT2D eigenvalue weighted by molar-refractivity contribution is 0.341. The first-order chi connectivity index (χ1) is 26.6. The van der Waals surface area contributed by atoms with Gasteiger partial charge < -0.3 is 14.0 Å². The second-order valence-corrected chi connectivity index (χ2v) is 16.1. The lowest BCUT2D eigenvalue weighted by Crippen LogP contribution is -2.42. The Hall–Kier alpha value is -5.61. The van der Waals surface area contributed by atoms with Gasteiger partial charge in [-0.3, -0.25) is 4.99 Å². The van der Waals surface area contributed by atoms with E-state index in [2.05, 4.69) is 140 Å². The SMILES string of the molecule is CC1C=NC(c2ccc3c(c2)OC2=C(CC(C)C=C2)C32C3=C(C=C(c4cccc5c4c4c(n5-c5ccccc5)CCCC4)CC3)Oc3ccccc32)=CC1. The van der Waals surface area contributed by atoms with E-state index in [-0.39, 0.29) is 0 Å². The van der Waals surface area contributed by atoms with Gasteiger partial charge >= 0.3 is 0 Å². The summed E-state index contributed by atoms with van der Waals surface area (Å²) in [5.74, 6) is 4.67. The van der Waals surface area contributed by atoms with E-state index < -0.39 is 5.41 Å². The zero-order chi connectivity index (χ0) is 36.0. The zero-order valence-electron chi connectivity index (χ0n) is 31.1. The molecule has 4 nitrogen and oxygen atoms in total. The second-order valence-electron chi connectivity index (χ2n) is 16.1. The molecule has 4 heterocycles. The normalized spacial score (nSPS) is 23.8. The summed E-state index contributed by atoms with van der Waals surface area (Å²) in [6.07, 6.45) is 19.8. The third-order valence-electron chi connectivity index (χ3n) is 12.8. The number of aromatic nitrogens is 1. The monoisotopic (exact) mass is 704 g/mol. The largest absolute Gasteiger partial charge is 0.457 e. The predicted molar refractivity (Wildman–Crippen MR) is 219 cm³/mol. The molecule has 4 heteroatoms. The van der Waals surface area contributed by atoms with E-state index >= 15 is 0 Å². The molecule has 0 bridgehead atoms. The summed E-state index contributed by atoms with van der Waals surface area (Å²) in [7, 11) is 0. The third-order valence-corrected chi connectivity index (χ3v) is 12.8. The molecule has 54 heavy (non-hydrogen) atoms. The first-order valence-electron chi connectivity index (χ1n) is 20.0. The Morgan fingerprint density at radius 3 is 2.46 bits per heavy atom. The standard InChI is InChI=1S/C50H44N2O2/c1-31-20-26-46-41(27-31)50(40-24-22-34(29-48(40)54-46)42-25-19-32(2)30-51-42)38-15-7-9-18-45(38)53-47-28-33(21-23-39(47)50)36-14-10-17-44-49(36)37-13-6-8-16-43(37)52(44)35-11-4-3-5-12-35/h3-5,7,9-12,14-15,17-18,20,22,24-26,28-32H,6,8,13,16,19,21,23,27H2,1-2H3. The van der Waals surface area contributed by atoms with Crippen LogP contribution in [0.1, 0.15) is 85.9 Å². The van der Waals surface area contributed by atoms with Crippen molar-refractivity contribution in [3.8, 4) is 17.2 Å². The summed E-state index contributed by atoms with van der Waals surface area (Å²) in [6.45, 7) is 4.54. The van der Waals surface area contributed by atoms with E-state index in [0.717, 1.165) is 72.8 Å². The van der Waals surface area contributed by atoms with E-state index in [1.54, 1.807) is 0 Å². The summed E-state index contributed by atoms with van der Waals surface area (Å²) in [4.78, 5) is 4.85. The quantitative estimate of drug-likeness (QED) is 0.187. The van der Waals surface area contributed by atoms with Crippen molar-refractivity contribution < 1.29 is 9.47 Å². The van der Waals surface area contributed by atoms with Crippen LogP contribution in [0.15, 0.2) is 143 Å². The van der Waals surface area contributed by atoms with Crippen LogP contribution in [0.4, 0.5) is 0 Å². The summed E-state index contributed by atoms with van der Waals surface area (Å²) < 4.78 is 16.5. The van der Waals surface area contributed by atoms with Gasteiger partial charge in [-0.1, -0.05) is 86.7 Å². The van der Waals surface area contributed by atoms with Crippen molar-refractivity contribution in [1.82, 2.24) is 4.57 Å². The Morgan fingerprint density at radius 2 is 1.57 bits per heavy atom. The van der Waals surface area contributed by atoms with Gasteiger partial charge in [0.05, 0.1) is 16.6 Å². The minimum atomic E-state index is -0.493. The van der Waals surface area contributed by atoms with Crippen molar-refractivity contribution in [2.45, 2.75) is 70.6 Å². The molecule has 11 rings (SSSR count). The van der Waals surface area contributed by atoms with Crippen LogP contribution >= 0.6 is 0 Å². The van der Waals surface area contributed by atoms with Crippen LogP contribution < -0.4 is 9.47 Å². The maximum Gasteiger partial charge on any atom is 0.132 e. The fourth-order valence-electron chi connectivity index (χ4n) is 10.4. The van der Waals surface area contributed by atoms with Crippen LogP contribution in [0.2, 0.25) is 0 Å². The van der Waals surface area contributed by atoms with E-state index in [1.165, 1.54) is 74.1 Å². The number of hydrogen-bond acceptors (Lipinski definition) is 3. The van der Waals surface area contributed by atoms with Crippen LogP contribution in [-0.4, -0.2) is 10.8 Å².